The molecule has 0 amide bonds. The van der Waals surface area contributed by atoms with Gasteiger partial charge in [0.15, 0.2) is 0 Å². The van der Waals surface area contributed by atoms with Crippen molar-refractivity contribution in [1.29, 1.82) is 0 Å². The van der Waals surface area contributed by atoms with Gasteiger partial charge in [-0.05, 0) is 99.2 Å². The normalized spacial score (nSPS) is 42.4. The Bertz CT molecular complexity index is 707. The Morgan fingerprint density at radius 2 is 2.03 bits per heavy atom. The van der Waals surface area contributed by atoms with Gasteiger partial charge in [-0.3, -0.25) is 0 Å². The Balaban J connectivity index is 1.54. The van der Waals surface area contributed by atoms with E-state index in [1.807, 2.05) is 13.0 Å². The predicted molar refractivity (Wildman–Crippen MR) is 115 cm³/mol. The number of carbonyl (C=O) groups is 2. The summed E-state index contributed by atoms with van der Waals surface area (Å²) < 4.78 is 5.02. The summed E-state index contributed by atoms with van der Waals surface area (Å²) in [7, 11) is 0. The molecular formula is C26H38O3. The first kappa shape index (κ1) is 20.9. The molecule has 0 aromatic carbocycles. The third kappa shape index (κ3) is 3.43. The van der Waals surface area contributed by atoms with Crippen molar-refractivity contribution in [3.05, 3.63) is 23.8 Å². The maximum Gasteiger partial charge on any atom is 0.330 e. The summed E-state index contributed by atoms with van der Waals surface area (Å²) >= 11 is 0. The van der Waals surface area contributed by atoms with Crippen LogP contribution in [0.25, 0.3) is 0 Å². The lowest BCUT2D eigenvalue weighted by Crippen LogP contribution is -2.50. The molecule has 0 N–H and O–H groups in total. The lowest BCUT2D eigenvalue weighted by atomic mass is 9.46. The van der Waals surface area contributed by atoms with E-state index in [2.05, 4.69) is 19.9 Å². The van der Waals surface area contributed by atoms with Crippen LogP contribution < -0.4 is 0 Å². The lowest BCUT2D eigenvalue weighted by Gasteiger charge is -2.58. The first-order valence-electron chi connectivity index (χ1n) is 11.9. The first-order valence-corrected chi connectivity index (χ1v) is 11.9. The van der Waals surface area contributed by atoms with E-state index < -0.39 is 0 Å². The van der Waals surface area contributed by atoms with Crippen molar-refractivity contribution >= 4 is 12.3 Å². The molecule has 0 aromatic heterocycles. The molecule has 3 heteroatoms. The number of aldehydes is 1. The Kier molecular flexibility index (Phi) is 5.79. The minimum atomic E-state index is -0.334. The molecule has 0 aliphatic heterocycles. The predicted octanol–water partition coefficient (Wildman–Crippen LogP) is 5.89. The zero-order valence-corrected chi connectivity index (χ0v) is 18.5. The van der Waals surface area contributed by atoms with E-state index in [0.29, 0.717) is 17.9 Å². The summed E-state index contributed by atoms with van der Waals surface area (Å²) in [5.41, 5.74) is 2.40. The molecule has 0 heterocycles. The van der Waals surface area contributed by atoms with Crippen LogP contribution in [0.1, 0.15) is 78.6 Å². The molecule has 7 atom stereocenters. The van der Waals surface area contributed by atoms with Gasteiger partial charge in [-0.1, -0.05) is 31.6 Å². The van der Waals surface area contributed by atoms with E-state index in [-0.39, 0.29) is 17.3 Å². The number of ether oxygens (including phenoxy) is 1. The molecule has 29 heavy (non-hydrogen) atoms. The van der Waals surface area contributed by atoms with Gasteiger partial charge >= 0.3 is 5.97 Å². The molecule has 3 nitrogen and oxygen atoms in total. The molecular weight excluding hydrogens is 360 g/mol. The summed E-state index contributed by atoms with van der Waals surface area (Å²) in [5, 5.41) is 0. The van der Waals surface area contributed by atoms with Crippen molar-refractivity contribution < 1.29 is 14.3 Å². The number of rotatable bonds is 5. The molecule has 160 valence electrons. The standard InChI is InChI=1S/C26H38O3/c1-4-29-24(28)13-8-18(17-27)21-11-12-22-20-10-9-19-7-5-6-15-25(19,2)23(20)14-16-26(21,22)3/h7-8,13,17-18,20-23H,4-6,9-12,14-16H2,1-3H3/b13-8+/t18-,20-,21+,22-,23-,25-,26+/m0/s1. The van der Waals surface area contributed by atoms with Crippen molar-refractivity contribution in [3.63, 3.8) is 0 Å². The molecule has 4 rings (SSSR count). The van der Waals surface area contributed by atoms with Gasteiger partial charge in [0.2, 0.25) is 0 Å². The van der Waals surface area contributed by atoms with Gasteiger partial charge < -0.3 is 9.53 Å². The summed E-state index contributed by atoms with van der Waals surface area (Å²) in [5.74, 6) is 2.21. The van der Waals surface area contributed by atoms with E-state index >= 15 is 0 Å². The van der Waals surface area contributed by atoms with Gasteiger partial charge in [0, 0.05) is 12.0 Å². The van der Waals surface area contributed by atoms with Crippen molar-refractivity contribution in [2.45, 2.75) is 78.6 Å². The molecule has 3 saturated carbocycles. The molecule has 0 spiro atoms. The smallest absolute Gasteiger partial charge is 0.330 e. The van der Waals surface area contributed by atoms with Gasteiger partial charge in [-0.2, -0.15) is 0 Å². The molecule has 0 bridgehead atoms. The quantitative estimate of drug-likeness (QED) is 0.251. The van der Waals surface area contributed by atoms with Crippen LogP contribution in [0.2, 0.25) is 0 Å². The van der Waals surface area contributed by atoms with E-state index in [9.17, 15) is 9.59 Å². The van der Waals surface area contributed by atoms with E-state index in [1.165, 1.54) is 57.4 Å². The van der Waals surface area contributed by atoms with Crippen molar-refractivity contribution in [2.75, 3.05) is 6.61 Å². The maximum absolute atomic E-state index is 12.0. The van der Waals surface area contributed by atoms with Crippen molar-refractivity contribution in [1.82, 2.24) is 0 Å². The molecule has 0 radical (unpaired) electrons. The summed E-state index contributed by atoms with van der Waals surface area (Å²) in [6, 6.07) is 0. The Hall–Kier alpha value is -1.38. The van der Waals surface area contributed by atoms with Gasteiger partial charge in [0.05, 0.1) is 6.61 Å². The van der Waals surface area contributed by atoms with Gasteiger partial charge in [0.25, 0.3) is 0 Å². The van der Waals surface area contributed by atoms with Crippen LogP contribution in [-0.4, -0.2) is 18.9 Å². The van der Waals surface area contributed by atoms with E-state index in [4.69, 9.17) is 4.74 Å². The van der Waals surface area contributed by atoms with Crippen LogP contribution in [-0.2, 0) is 14.3 Å². The van der Waals surface area contributed by atoms with Crippen LogP contribution in [0.4, 0.5) is 0 Å². The van der Waals surface area contributed by atoms with Gasteiger partial charge in [-0.25, -0.2) is 4.79 Å². The van der Waals surface area contributed by atoms with Crippen LogP contribution in [0, 0.1) is 40.4 Å². The van der Waals surface area contributed by atoms with Gasteiger partial charge in [-0.15, -0.1) is 0 Å². The Morgan fingerprint density at radius 3 is 2.79 bits per heavy atom. The number of carbonyl (C=O) groups excluding carboxylic acids is 2. The van der Waals surface area contributed by atoms with Crippen LogP contribution >= 0.6 is 0 Å². The zero-order chi connectivity index (χ0) is 20.6. The maximum atomic E-state index is 12.0. The van der Waals surface area contributed by atoms with Crippen molar-refractivity contribution in [3.8, 4) is 0 Å². The third-order valence-corrected chi connectivity index (χ3v) is 9.46. The van der Waals surface area contributed by atoms with Crippen LogP contribution in [0.15, 0.2) is 23.8 Å². The number of hydrogen-bond acceptors (Lipinski definition) is 3. The average Bonchev–Trinajstić information content (AvgIpc) is 3.05. The minimum absolute atomic E-state index is 0.171. The molecule has 0 aromatic rings. The minimum Gasteiger partial charge on any atom is -0.463 e. The average molecular weight is 399 g/mol. The summed E-state index contributed by atoms with van der Waals surface area (Å²) in [6.45, 7) is 7.19. The number of esters is 1. The SMILES string of the molecule is CCOC(=O)/C=C/[C@@H](C=O)[C@H]1CC[C@H]2[C@@H]3CCC4=CCCC[C@]4(C)[C@H]3CC[C@]12C. The van der Waals surface area contributed by atoms with Crippen LogP contribution in [0.5, 0.6) is 0 Å². The fourth-order valence-electron chi connectivity index (χ4n) is 8.08. The fourth-order valence-corrected chi connectivity index (χ4v) is 8.08. The monoisotopic (exact) mass is 398 g/mol. The highest BCUT2D eigenvalue weighted by molar-refractivity contribution is 5.82. The molecule has 0 unspecified atom stereocenters. The number of fused-ring (bicyclic) bond motifs is 5. The Labute approximate surface area is 176 Å². The highest BCUT2D eigenvalue weighted by atomic mass is 16.5. The topological polar surface area (TPSA) is 43.4 Å². The lowest BCUT2D eigenvalue weighted by molar-refractivity contribution is -0.137. The highest BCUT2D eigenvalue weighted by Crippen LogP contribution is 2.67. The second-order valence-corrected chi connectivity index (χ2v) is 10.5. The largest absolute Gasteiger partial charge is 0.463 e. The van der Waals surface area contributed by atoms with E-state index in [0.717, 1.165) is 30.5 Å². The van der Waals surface area contributed by atoms with Gasteiger partial charge in [0.1, 0.15) is 6.29 Å². The van der Waals surface area contributed by atoms with Crippen LogP contribution in [0.3, 0.4) is 0 Å². The molecule has 4 aliphatic rings. The molecule has 0 saturated heterocycles. The highest BCUT2D eigenvalue weighted by Gasteiger charge is 2.59. The number of allylic oxidation sites excluding steroid dienone is 3. The second-order valence-electron chi connectivity index (χ2n) is 10.5. The fraction of sp³-hybridized carbons (Fsp3) is 0.769. The second kappa shape index (κ2) is 8.04. The third-order valence-electron chi connectivity index (χ3n) is 9.46. The van der Waals surface area contributed by atoms with Crippen molar-refractivity contribution in [2.24, 2.45) is 40.4 Å². The molecule has 3 fully saturated rings. The number of hydrogen-bond donors (Lipinski definition) is 0. The first-order chi connectivity index (χ1) is 13.9. The molecule has 4 aliphatic carbocycles. The zero-order valence-electron chi connectivity index (χ0n) is 18.5. The van der Waals surface area contributed by atoms with E-state index in [1.54, 1.807) is 5.57 Å². The Morgan fingerprint density at radius 1 is 1.21 bits per heavy atom. The summed E-state index contributed by atoms with van der Waals surface area (Å²) in [6.07, 6.45) is 18.4. The summed E-state index contributed by atoms with van der Waals surface area (Å²) in [4.78, 5) is 23.8.